The summed E-state index contributed by atoms with van der Waals surface area (Å²) in [6, 6.07) is 2.61. The van der Waals surface area contributed by atoms with E-state index >= 15 is 0 Å². The average Bonchev–Trinajstić information content (AvgIpc) is 3.20. The van der Waals surface area contributed by atoms with Crippen LogP contribution in [-0.2, 0) is 4.74 Å². The van der Waals surface area contributed by atoms with Crippen LogP contribution in [0, 0.1) is 11.8 Å². The van der Waals surface area contributed by atoms with Gasteiger partial charge in [0, 0.05) is 38.3 Å². The van der Waals surface area contributed by atoms with Crippen LogP contribution in [0.5, 0.6) is 0 Å². The summed E-state index contributed by atoms with van der Waals surface area (Å²) >= 11 is 5.56. The highest BCUT2D eigenvalue weighted by atomic mass is 32.1. The van der Waals surface area contributed by atoms with Crippen molar-refractivity contribution in [2.45, 2.75) is 52.0 Å². The van der Waals surface area contributed by atoms with Crippen LogP contribution < -0.4 is 20.4 Å². The van der Waals surface area contributed by atoms with Gasteiger partial charge in [-0.3, -0.25) is 0 Å². The standard InChI is InChI=1S/C21H34N6OS/c1-15-11-16(2)14-27(13-15)19-12-18(26-7-9-28-10-8-26)23-20(24-19)25-21(29)22-17-5-3-4-6-17/h12,15-17H,3-11,13-14H2,1-2H3,(H2,22,23,24,25,29)/t15-,16-/m0/s1. The van der Waals surface area contributed by atoms with Gasteiger partial charge in [0.05, 0.1) is 13.2 Å². The highest BCUT2D eigenvalue weighted by Gasteiger charge is 2.25. The van der Waals surface area contributed by atoms with Gasteiger partial charge in [-0.1, -0.05) is 26.7 Å². The molecule has 7 nitrogen and oxygen atoms in total. The van der Waals surface area contributed by atoms with Crippen molar-refractivity contribution < 1.29 is 4.74 Å². The van der Waals surface area contributed by atoms with Crippen molar-refractivity contribution in [2.24, 2.45) is 11.8 Å². The molecule has 0 aromatic carbocycles. The Morgan fingerprint density at radius 1 is 1.03 bits per heavy atom. The molecule has 1 saturated carbocycles. The SMILES string of the molecule is C[C@H]1C[C@H](C)CN(c2cc(N3CCOCC3)nc(NC(=S)NC3CCCC3)n2)C1. The first-order valence-electron chi connectivity index (χ1n) is 11.1. The van der Waals surface area contributed by atoms with Crippen LogP contribution >= 0.6 is 12.2 Å². The van der Waals surface area contributed by atoms with Gasteiger partial charge in [-0.2, -0.15) is 9.97 Å². The molecule has 29 heavy (non-hydrogen) atoms. The van der Waals surface area contributed by atoms with Crippen molar-refractivity contribution in [3.63, 3.8) is 0 Å². The van der Waals surface area contributed by atoms with Crippen LogP contribution in [0.25, 0.3) is 0 Å². The van der Waals surface area contributed by atoms with E-state index in [4.69, 9.17) is 26.9 Å². The lowest BCUT2D eigenvalue weighted by molar-refractivity contribution is 0.122. The fraction of sp³-hybridized carbons (Fsp3) is 0.762. The molecule has 0 bridgehead atoms. The van der Waals surface area contributed by atoms with Crippen molar-refractivity contribution in [3.8, 4) is 0 Å². The number of nitrogens with zero attached hydrogens (tertiary/aromatic N) is 4. The van der Waals surface area contributed by atoms with Gasteiger partial charge >= 0.3 is 0 Å². The fourth-order valence-electron chi connectivity index (χ4n) is 4.84. The van der Waals surface area contributed by atoms with Crippen molar-refractivity contribution in [1.82, 2.24) is 15.3 Å². The van der Waals surface area contributed by atoms with Crippen molar-refractivity contribution in [3.05, 3.63) is 6.07 Å². The van der Waals surface area contributed by atoms with Gasteiger partial charge in [0.2, 0.25) is 5.95 Å². The molecule has 2 saturated heterocycles. The third-order valence-electron chi connectivity index (χ3n) is 6.14. The topological polar surface area (TPSA) is 65.6 Å². The summed E-state index contributed by atoms with van der Waals surface area (Å²) < 4.78 is 5.52. The van der Waals surface area contributed by atoms with E-state index in [1.807, 2.05) is 0 Å². The van der Waals surface area contributed by atoms with Gasteiger partial charge in [0.15, 0.2) is 5.11 Å². The summed E-state index contributed by atoms with van der Waals surface area (Å²) in [5, 5.41) is 7.32. The molecule has 3 heterocycles. The van der Waals surface area contributed by atoms with Crippen LogP contribution in [0.3, 0.4) is 0 Å². The lowest BCUT2D eigenvalue weighted by Crippen LogP contribution is -2.41. The minimum Gasteiger partial charge on any atom is -0.378 e. The average molecular weight is 419 g/mol. The molecule has 0 radical (unpaired) electrons. The molecule has 2 atom stereocenters. The van der Waals surface area contributed by atoms with Crippen LogP contribution in [0.4, 0.5) is 17.6 Å². The molecular weight excluding hydrogens is 384 g/mol. The fourth-order valence-corrected chi connectivity index (χ4v) is 5.10. The summed E-state index contributed by atoms with van der Waals surface area (Å²) in [5.74, 6) is 3.87. The maximum absolute atomic E-state index is 5.56. The van der Waals surface area contributed by atoms with Crippen molar-refractivity contribution in [2.75, 3.05) is 54.5 Å². The maximum atomic E-state index is 5.56. The molecule has 1 aromatic rings. The third kappa shape index (κ3) is 5.48. The van der Waals surface area contributed by atoms with E-state index in [0.717, 1.165) is 51.0 Å². The number of ether oxygens (including phenoxy) is 1. The van der Waals surface area contributed by atoms with Gasteiger partial charge < -0.3 is 25.2 Å². The predicted molar refractivity (Wildman–Crippen MR) is 122 cm³/mol. The Morgan fingerprint density at radius 2 is 1.66 bits per heavy atom. The molecule has 1 aromatic heterocycles. The normalized spacial score (nSPS) is 25.9. The molecule has 1 aliphatic carbocycles. The number of hydrogen-bond donors (Lipinski definition) is 2. The lowest BCUT2D eigenvalue weighted by atomic mass is 9.92. The highest BCUT2D eigenvalue weighted by molar-refractivity contribution is 7.80. The molecule has 0 unspecified atom stereocenters. The van der Waals surface area contributed by atoms with E-state index in [0.29, 0.717) is 28.9 Å². The van der Waals surface area contributed by atoms with Gasteiger partial charge in [-0.25, -0.2) is 0 Å². The summed E-state index contributed by atoms with van der Waals surface area (Å²) in [7, 11) is 0. The summed E-state index contributed by atoms with van der Waals surface area (Å²) in [5.41, 5.74) is 0. The zero-order chi connectivity index (χ0) is 20.2. The van der Waals surface area contributed by atoms with E-state index < -0.39 is 0 Å². The second-order valence-corrected chi connectivity index (χ2v) is 9.35. The number of rotatable bonds is 4. The summed E-state index contributed by atoms with van der Waals surface area (Å²) in [4.78, 5) is 14.3. The molecule has 160 valence electrons. The first-order valence-corrected chi connectivity index (χ1v) is 11.5. The van der Waals surface area contributed by atoms with Crippen molar-refractivity contribution >= 4 is 34.9 Å². The Hall–Kier alpha value is -1.67. The van der Waals surface area contributed by atoms with E-state index in [1.54, 1.807) is 0 Å². The van der Waals surface area contributed by atoms with E-state index in [9.17, 15) is 0 Å². The molecule has 4 rings (SSSR count). The second kappa shape index (κ2) is 9.43. The van der Waals surface area contributed by atoms with Gasteiger partial charge in [-0.05, 0) is 43.3 Å². The van der Waals surface area contributed by atoms with Crippen LogP contribution in [0.1, 0.15) is 46.0 Å². The molecule has 0 amide bonds. The molecule has 0 spiro atoms. The molecule has 3 fully saturated rings. The third-order valence-corrected chi connectivity index (χ3v) is 6.36. The Balaban J connectivity index is 1.54. The number of piperidine rings is 1. The first kappa shape index (κ1) is 20.6. The summed E-state index contributed by atoms with van der Waals surface area (Å²) in [6.07, 6.45) is 6.20. The first-order chi connectivity index (χ1) is 14.1. The molecule has 3 aliphatic rings. The van der Waals surface area contributed by atoms with Gasteiger partial charge in [-0.15, -0.1) is 0 Å². The second-order valence-electron chi connectivity index (χ2n) is 8.94. The zero-order valence-corrected chi connectivity index (χ0v) is 18.5. The monoisotopic (exact) mass is 418 g/mol. The largest absolute Gasteiger partial charge is 0.378 e. The van der Waals surface area contributed by atoms with Gasteiger partial charge in [0.1, 0.15) is 11.6 Å². The van der Waals surface area contributed by atoms with Crippen LogP contribution in [0.2, 0.25) is 0 Å². The Kier molecular flexibility index (Phi) is 6.70. The Bertz CT molecular complexity index is 694. The number of hydrogen-bond acceptors (Lipinski definition) is 6. The number of anilines is 3. The number of thiocarbonyl (C=S) groups is 1. The molecular formula is C21H34N6OS. The molecule has 2 aliphatic heterocycles. The molecule has 2 N–H and O–H groups in total. The lowest BCUT2D eigenvalue weighted by Gasteiger charge is -2.36. The summed E-state index contributed by atoms with van der Waals surface area (Å²) in [6.45, 7) is 9.91. The van der Waals surface area contributed by atoms with E-state index in [-0.39, 0.29) is 0 Å². The quantitative estimate of drug-likeness (QED) is 0.724. The maximum Gasteiger partial charge on any atom is 0.232 e. The van der Waals surface area contributed by atoms with Crippen LogP contribution in [0.15, 0.2) is 6.07 Å². The number of nitrogens with one attached hydrogen (secondary N) is 2. The van der Waals surface area contributed by atoms with E-state index in [2.05, 4.69) is 40.3 Å². The minimum absolute atomic E-state index is 0.473. The predicted octanol–water partition coefficient (Wildman–Crippen LogP) is 3.02. The zero-order valence-electron chi connectivity index (χ0n) is 17.7. The van der Waals surface area contributed by atoms with Gasteiger partial charge in [0.25, 0.3) is 0 Å². The minimum atomic E-state index is 0.473. The smallest absolute Gasteiger partial charge is 0.232 e. The Morgan fingerprint density at radius 3 is 2.31 bits per heavy atom. The number of aromatic nitrogens is 2. The van der Waals surface area contributed by atoms with Crippen LogP contribution in [-0.4, -0.2) is 60.5 Å². The van der Waals surface area contributed by atoms with Crippen molar-refractivity contribution in [1.29, 1.82) is 0 Å². The molecule has 8 heteroatoms. The highest BCUT2D eigenvalue weighted by Crippen LogP contribution is 2.28. The Labute approximate surface area is 179 Å². The van der Waals surface area contributed by atoms with E-state index in [1.165, 1.54) is 32.1 Å². The number of morpholine rings is 1.